The van der Waals surface area contributed by atoms with E-state index in [1.807, 2.05) is 48.5 Å². The molecular weight excluding hydrogens is 358 g/mol. The lowest BCUT2D eigenvalue weighted by Gasteiger charge is -2.18. The zero-order valence-corrected chi connectivity index (χ0v) is 15.3. The molecule has 28 heavy (non-hydrogen) atoms. The van der Waals surface area contributed by atoms with Crippen molar-refractivity contribution >= 4 is 6.09 Å². The van der Waals surface area contributed by atoms with Gasteiger partial charge in [-0.15, -0.1) is 0 Å². The normalized spacial score (nSPS) is 12.9. The van der Waals surface area contributed by atoms with Crippen molar-refractivity contribution in [3.05, 3.63) is 78.0 Å². The van der Waals surface area contributed by atoms with Crippen LogP contribution in [0.25, 0.3) is 11.3 Å². The maximum absolute atomic E-state index is 11.7. The van der Waals surface area contributed by atoms with E-state index in [1.165, 1.54) is 0 Å². The lowest BCUT2D eigenvalue weighted by molar-refractivity contribution is 0.0136. The summed E-state index contributed by atoms with van der Waals surface area (Å²) in [5.74, 6) is 0. The third-order valence-corrected chi connectivity index (χ3v) is 4.35. The van der Waals surface area contributed by atoms with Crippen molar-refractivity contribution in [2.75, 3.05) is 6.54 Å². The van der Waals surface area contributed by atoms with Crippen molar-refractivity contribution in [1.82, 2.24) is 15.5 Å². The van der Waals surface area contributed by atoms with Crippen LogP contribution >= 0.6 is 0 Å². The molecule has 7 nitrogen and oxygen atoms in total. The number of alkyl carbamates (subject to hydrolysis) is 1. The molecule has 0 aliphatic heterocycles. The minimum absolute atomic E-state index is 0.181. The highest BCUT2D eigenvalue weighted by molar-refractivity contribution is 5.67. The Bertz CT molecular complexity index is 851. The summed E-state index contributed by atoms with van der Waals surface area (Å²) in [5, 5.41) is 29.8. The summed E-state index contributed by atoms with van der Waals surface area (Å²) < 4.78 is 5.10. The molecule has 0 saturated carbocycles. The van der Waals surface area contributed by atoms with E-state index in [-0.39, 0.29) is 19.6 Å². The lowest BCUT2D eigenvalue weighted by atomic mass is 10.00. The van der Waals surface area contributed by atoms with Gasteiger partial charge in [-0.2, -0.15) is 5.10 Å². The number of nitrogens with zero attached hydrogens (tertiary/aromatic N) is 1. The Labute approximate surface area is 163 Å². The van der Waals surface area contributed by atoms with Crippen LogP contribution in [0.4, 0.5) is 4.79 Å². The molecule has 0 aliphatic carbocycles. The summed E-state index contributed by atoms with van der Waals surface area (Å²) >= 11 is 0. The number of aliphatic hydroxyl groups is 2. The van der Waals surface area contributed by atoms with Crippen LogP contribution in [0.1, 0.15) is 23.7 Å². The highest BCUT2D eigenvalue weighted by Crippen LogP contribution is 2.23. The van der Waals surface area contributed by atoms with Crippen molar-refractivity contribution in [3.8, 4) is 11.3 Å². The molecule has 4 N–H and O–H groups in total. The number of aromatic nitrogens is 2. The minimum atomic E-state index is -1.04. The quantitative estimate of drug-likeness (QED) is 0.480. The van der Waals surface area contributed by atoms with E-state index < -0.39 is 18.3 Å². The second-order valence-electron chi connectivity index (χ2n) is 6.38. The molecule has 7 heteroatoms. The Kier molecular flexibility index (Phi) is 6.78. The van der Waals surface area contributed by atoms with E-state index >= 15 is 0 Å². The van der Waals surface area contributed by atoms with Crippen LogP contribution in [0, 0.1) is 0 Å². The first-order valence-electron chi connectivity index (χ1n) is 9.04. The van der Waals surface area contributed by atoms with E-state index in [4.69, 9.17) is 4.74 Å². The van der Waals surface area contributed by atoms with E-state index in [9.17, 15) is 15.0 Å². The number of benzene rings is 2. The van der Waals surface area contributed by atoms with Crippen molar-refractivity contribution in [2.24, 2.45) is 0 Å². The van der Waals surface area contributed by atoms with Gasteiger partial charge in [0.15, 0.2) is 0 Å². The number of rotatable bonds is 8. The van der Waals surface area contributed by atoms with Gasteiger partial charge >= 0.3 is 6.09 Å². The maximum Gasteiger partial charge on any atom is 0.407 e. The minimum Gasteiger partial charge on any atom is -0.445 e. The molecule has 2 atom stereocenters. The molecular formula is C21H23N3O4. The fraction of sp³-hybridized carbons (Fsp3) is 0.238. The summed E-state index contributed by atoms with van der Waals surface area (Å²) in [6.45, 7) is 0.374. The summed E-state index contributed by atoms with van der Waals surface area (Å²) in [7, 11) is 0. The van der Waals surface area contributed by atoms with Gasteiger partial charge in [-0.05, 0) is 29.2 Å². The first kappa shape index (κ1) is 19.6. The van der Waals surface area contributed by atoms with Crippen molar-refractivity contribution < 1.29 is 19.7 Å². The van der Waals surface area contributed by atoms with Gasteiger partial charge in [-0.3, -0.25) is 5.10 Å². The molecule has 146 valence electrons. The van der Waals surface area contributed by atoms with Crippen LogP contribution in [0.15, 0.2) is 66.9 Å². The zero-order chi connectivity index (χ0) is 19.8. The van der Waals surface area contributed by atoms with Crippen LogP contribution in [0.5, 0.6) is 0 Å². The van der Waals surface area contributed by atoms with Gasteiger partial charge < -0.3 is 20.3 Å². The number of ether oxygens (including phenoxy) is 1. The first-order chi connectivity index (χ1) is 13.6. The van der Waals surface area contributed by atoms with Gasteiger partial charge in [0.2, 0.25) is 0 Å². The van der Waals surface area contributed by atoms with E-state index in [2.05, 4.69) is 15.5 Å². The topological polar surface area (TPSA) is 107 Å². The predicted octanol–water partition coefficient (Wildman–Crippen LogP) is 2.79. The summed E-state index contributed by atoms with van der Waals surface area (Å²) in [5.41, 5.74) is 3.31. The second-order valence-corrected chi connectivity index (χ2v) is 6.38. The second kappa shape index (κ2) is 9.68. The fourth-order valence-corrected chi connectivity index (χ4v) is 2.75. The number of aromatic amines is 1. The van der Waals surface area contributed by atoms with Crippen LogP contribution in [-0.4, -0.2) is 39.2 Å². The molecule has 1 heterocycles. The van der Waals surface area contributed by atoms with Crippen molar-refractivity contribution in [2.45, 2.75) is 25.2 Å². The summed E-state index contributed by atoms with van der Waals surface area (Å²) in [6, 6.07) is 18.4. The average molecular weight is 381 g/mol. The molecule has 1 amide bonds. The van der Waals surface area contributed by atoms with Gasteiger partial charge in [0, 0.05) is 12.7 Å². The number of aliphatic hydroxyl groups excluding tert-OH is 2. The molecule has 3 rings (SSSR count). The van der Waals surface area contributed by atoms with Gasteiger partial charge in [-0.1, -0.05) is 54.6 Å². The van der Waals surface area contributed by atoms with Crippen molar-refractivity contribution in [3.63, 3.8) is 0 Å². The Morgan fingerprint density at radius 1 is 1.07 bits per heavy atom. The fourth-order valence-electron chi connectivity index (χ4n) is 2.75. The van der Waals surface area contributed by atoms with Gasteiger partial charge in [0.25, 0.3) is 0 Å². The van der Waals surface area contributed by atoms with E-state index in [0.717, 1.165) is 16.8 Å². The Hall–Kier alpha value is -3.16. The highest BCUT2D eigenvalue weighted by Gasteiger charge is 2.18. The Morgan fingerprint density at radius 2 is 1.82 bits per heavy atom. The first-order valence-corrected chi connectivity index (χ1v) is 9.04. The third-order valence-electron chi connectivity index (χ3n) is 4.35. The number of H-pyrrole nitrogens is 1. The molecule has 0 spiro atoms. The van der Waals surface area contributed by atoms with Crippen LogP contribution < -0.4 is 5.32 Å². The lowest BCUT2D eigenvalue weighted by Crippen LogP contribution is -2.29. The van der Waals surface area contributed by atoms with Crippen molar-refractivity contribution in [1.29, 1.82) is 0 Å². The highest BCUT2D eigenvalue weighted by atomic mass is 16.5. The van der Waals surface area contributed by atoms with Gasteiger partial charge in [-0.25, -0.2) is 4.79 Å². The number of carbonyl (C=O) groups excluding carboxylic acids is 1. The van der Waals surface area contributed by atoms with Crippen LogP contribution in [-0.2, 0) is 11.3 Å². The Balaban J connectivity index is 1.41. The standard InChI is InChI=1S/C21H23N3O4/c25-19(11-12-22-21(27)28-14-15-4-2-1-3-5-15)20(26)17-8-6-16(7-9-17)18-10-13-23-24-18/h1-10,13,19-20,25-26H,11-12,14H2,(H,22,27)(H,23,24). The summed E-state index contributed by atoms with van der Waals surface area (Å²) in [4.78, 5) is 11.7. The number of hydrogen-bond acceptors (Lipinski definition) is 5. The molecule has 1 aromatic heterocycles. The smallest absolute Gasteiger partial charge is 0.407 e. The predicted molar refractivity (Wildman–Crippen MR) is 104 cm³/mol. The number of nitrogens with one attached hydrogen (secondary N) is 2. The Morgan fingerprint density at radius 3 is 2.50 bits per heavy atom. The number of amides is 1. The molecule has 0 radical (unpaired) electrons. The molecule has 0 aliphatic rings. The number of carbonyl (C=O) groups is 1. The third kappa shape index (κ3) is 5.42. The maximum atomic E-state index is 11.7. The van der Waals surface area contributed by atoms with Gasteiger partial charge in [0.1, 0.15) is 12.7 Å². The number of hydrogen-bond donors (Lipinski definition) is 4. The molecule has 0 bridgehead atoms. The summed E-state index contributed by atoms with van der Waals surface area (Å²) in [6.07, 6.45) is -0.747. The molecule has 2 aromatic carbocycles. The van der Waals surface area contributed by atoms with Crippen LogP contribution in [0.2, 0.25) is 0 Å². The molecule has 2 unspecified atom stereocenters. The average Bonchev–Trinajstić information content (AvgIpc) is 3.27. The van der Waals surface area contributed by atoms with E-state index in [0.29, 0.717) is 5.56 Å². The molecule has 0 fully saturated rings. The SMILES string of the molecule is O=C(NCCC(O)C(O)c1ccc(-c2ccn[nH]2)cc1)OCc1ccccc1. The monoisotopic (exact) mass is 381 g/mol. The van der Waals surface area contributed by atoms with Gasteiger partial charge in [0.05, 0.1) is 11.8 Å². The largest absolute Gasteiger partial charge is 0.445 e. The van der Waals surface area contributed by atoms with Crippen LogP contribution in [0.3, 0.4) is 0 Å². The molecule has 0 saturated heterocycles. The zero-order valence-electron chi connectivity index (χ0n) is 15.3. The molecule has 3 aromatic rings. The van der Waals surface area contributed by atoms with E-state index in [1.54, 1.807) is 18.3 Å².